The van der Waals surface area contributed by atoms with Crippen LogP contribution in [0.3, 0.4) is 0 Å². The molecule has 0 bridgehead atoms. The SMILES string of the molecule is [2H]c1c([2H])c([2H])c(-c2cccc(-c3cc(-c4cccc(C(C)(C)C)c4)cc(C(C)(C)C)c3)c2N2CN(c3cccc(Oc4ccc5c(c4)N(c4cc(C(C)(C)C)ccn4)c4ccccc4[Si]5(c4ccccc4)c4ccccc4)c3)c3ccccc32)c([2H])c1[2H]. The van der Waals surface area contributed by atoms with E-state index < -0.39 is 14.1 Å². The number of aromatic nitrogens is 1. The Balaban J connectivity index is 0.952. The Bertz CT molecular complexity index is 4480. The predicted molar refractivity (Wildman–Crippen MR) is 357 cm³/mol. The molecule has 1 aromatic heterocycles. The number of fused-ring (bicyclic) bond motifs is 3. The van der Waals surface area contributed by atoms with E-state index in [0.717, 1.165) is 67.8 Å². The van der Waals surface area contributed by atoms with Gasteiger partial charge in [-0.2, -0.15) is 0 Å². The molecule has 84 heavy (non-hydrogen) atoms. The second-order valence-corrected chi connectivity index (χ2v) is 29.1. The van der Waals surface area contributed by atoms with Crippen LogP contribution in [0, 0.1) is 0 Å². The number of para-hydroxylation sites is 4. The summed E-state index contributed by atoms with van der Waals surface area (Å²) in [4.78, 5) is 12.0. The number of hydrogen-bond acceptors (Lipinski definition) is 5. The van der Waals surface area contributed by atoms with E-state index >= 15 is 0 Å². The van der Waals surface area contributed by atoms with Crippen LogP contribution in [0.5, 0.6) is 11.5 Å². The van der Waals surface area contributed by atoms with Crippen LogP contribution in [0.2, 0.25) is 0 Å². The summed E-state index contributed by atoms with van der Waals surface area (Å²) < 4.78 is 52.5. The topological polar surface area (TPSA) is 31.8 Å². The third-order valence-corrected chi connectivity index (χ3v) is 21.6. The zero-order valence-corrected chi connectivity index (χ0v) is 50.3. The van der Waals surface area contributed by atoms with Gasteiger partial charge in [-0.05, 0) is 131 Å². The molecule has 0 aliphatic carbocycles. The molecule has 0 N–H and O–H groups in total. The number of ether oxygens (including phenoxy) is 1. The van der Waals surface area contributed by atoms with Crippen molar-refractivity contribution in [1.29, 1.82) is 0 Å². The van der Waals surface area contributed by atoms with Gasteiger partial charge in [-0.15, -0.1) is 0 Å². The highest BCUT2D eigenvalue weighted by Gasteiger charge is 2.49. The fourth-order valence-electron chi connectivity index (χ4n) is 12.4. The Labute approximate surface area is 505 Å². The van der Waals surface area contributed by atoms with Gasteiger partial charge in [0, 0.05) is 40.8 Å². The standard InChI is InChI=1S/C78H72N4OSi/c1-76(2,3)58-29-23-28-55(47-58)56-46-57(49-60(48-56)78(7,8)9)67-37-25-36-66(54-26-13-10-14-27-54)75(67)81-53-80(68-38-19-20-39-69(68)81)61-30-24-31-62(51-61)83-63-42-43-73-71(52-63)82(74-50-59(44-45-79-74)77(4,5)6)70-40-21-22-41-72(70)84(73,64-32-15-11-16-33-64)65-34-17-12-18-35-65/h10-52H,53H2,1-9H3/i10D,13D,14D,26D,27D. The van der Waals surface area contributed by atoms with Crippen LogP contribution < -0.4 is 40.2 Å². The summed E-state index contributed by atoms with van der Waals surface area (Å²) in [5.74, 6) is 2.14. The summed E-state index contributed by atoms with van der Waals surface area (Å²) in [6, 6.07) is 78.1. The molecule has 5 nitrogen and oxygen atoms in total. The average Bonchev–Trinajstić information content (AvgIpc) is 1.71. The van der Waals surface area contributed by atoms with Crippen LogP contribution in [0.25, 0.3) is 33.4 Å². The molecule has 0 amide bonds. The minimum absolute atomic E-state index is 0.0682. The minimum Gasteiger partial charge on any atom is -0.457 e. The lowest BCUT2D eigenvalue weighted by atomic mass is 9.81. The molecule has 0 spiro atoms. The van der Waals surface area contributed by atoms with Crippen molar-refractivity contribution >= 4 is 68.8 Å². The maximum Gasteiger partial charge on any atom is 0.184 e. The van der Waals surface area contributed by atoms with Gasteiger partial charge in [-0.3, -0.25) is 4.90 Å². The molecule has 0 saturated carbocycles. The van der Waals surface area contributed by atoms with Gasteiger partial charge in [0.1, 0.15) is 24.0 Å². The van der Waals surface area contributed by atoms with Crippen molar-refractivity contribution < 1.29 is 11.6 Å². The first kappa shape index (κ1) is 48.3. The summed E-state index contributed by atoms with van der Waals surface area (Å²) in [5.41, 5.74) is 13.3. The number of benzene rings is 10. The largest absolute Gasteiger partial charge is 0.457 e. The van der Waals surface area contributed by atoms with Crippen molar-refractivity contribution in [3.63, 3.8) is 0 Å². The van der Waals surface area contributed by atoms with Gasteiger partial charge in [0.15, 0.2) is 8.07 Å². The smallest absolute Gasteiger partial charge is 0.184 e. The predicted octanol–water partition coefficient (Wildman–Crippen LogP) is 18.2. The number of hydrogen-bond donors (Lipinski definition) is 0. The van der Waals surface area contributed by atoms with Crippen LogP contribution in [0.4, 0.5) is 39.9 Å². The number of pyridine rings is 1. The van der Waals surface area contributed by atoms with E-state index in [-0.39, 0.29) is 46.0 Å². The van der Waals surface area contributed by atoms with E-state index in [2.05, 4.69) is 265 Å². The third-order valence-electron chi connectivity index (χ3n) is 16.8. The van der Waals surface area contributed by atoms with Crippen molar-refractivity contribution in [2.45, 2.75) is 78.6 Å². The van der Waals surface area contributed by atoms with Gasteiger partial charge in [-0.1, -0.05) is 250 Å². The molecule has 414 valence electrons. The molecule has 6 heteroatoms. The molecular weight excluding hydrogens is 1040 g/mol. The highest BCUT2D eigenvalue weighted by atomic mass is 28.3. The van der Waals surface area contributed by atoms with Crippen LogP contribution in [-0.4, -0.2) is 19.7 Å². The normalized spacial score (nSPS) is 14.6. The molecular formula is C78H72N4OSi. The van der Waals surface area contributed by atoms with Gasteiger partial charge < -0.3 is 14.5 Å². The molecule has 11 aromatic rings. The molecule has 0 radical (unpaired) electrons. The molecule has 2 aliphatic heterocycles. The lowest BCUT2D eigenvalue weighted by Gasteiger charge is -2.44. The second kappa shape index (κ2) is 21.2. The Morgan fingerprint density at radius 1 is 0.417 bits per heavy atom. The highest BCUT2D eigenvalue weighted by molar-refractivity contribution is 7.21. The zero-order chi connectivity index (χ0) is 62.3. The van der Waals surface area contributed by atoms with Crippen LogP contribution in [0.15, 0.2) is 261 Å². The number of rotatable bonds is 10. The molecule has 0 atom stereocenters. The summed E-state index contributed by atoms with van der Waals surface area (Å²) in [5, 5.41) is 5.07. The Morgan fingerprint density at radius 2 is 0.976 bits per heavy atom. The average molecular weight is 1110 g/mol. The van der Waals surface area contributed by atoms with Crippen molar-refractivity contribution in [1.82, 2.24) is 4.98 Å². The summed E-state index contributed by atoms with van der Waals surface area (Å²) in [7, 11) is -3.00. The molecule has 0 fully saturated rings. The third kappa shape index (κ3) is 9.78. The van der Waals surface area contributed by atoms with Gasteiger partial charge in [0.25, 0.3) is 0 Å². The Morgan fingerprint density at radius 3 is 1.67 bits per heavy atom. The molecule has 3 heterocycles. The molecule has 2 aliphatic rings. The minimum atomic E-state index is -3.00. The maximum atomic E-state index is 9.43. The van der Waals surface area contributed by atoms with Crippen molar-refractivity contribution in [2.24, 2.45) is 0 Å². The molecule has 0 saturated heterocycles. The van der Waals surface area contributed by atoms with E-state index in [1.54, 1.807) is 0 Å². The van der Waals surface area contributed by atoms with E-state index in [9.17, 15) is 2.74 Å². The summed E-state index contributed by atoms with van der Waals surface area (Å²) in [6.07, 6.45) is 1.93. The number of anilines is 7. The van der Waals surface area contributed by atoms with Crippen LogP contribution >= 0.6 is 0 Å². The molecule has 10 aromatic carbocycles. The first-order chi connectivity index (χ1) is 42.6. The van der Waals surface area contributed by atoms with E-state index in [4.69, 9.17) is 13.8 Å². The van der Waals surface area contributed by atoms with E-state index in [1.807, 2.05) is 42.6 Å². The van der Waals surface area contributed by atoms with E-state index in [1.165, 1.54) is 31.9 Å². The zero-order valence-electron chi connectivity index (χ0n) is 54.3. The van der Waals surface area contributed by atoms with Gasteiger partial charge in [0.2, 0.25) is 0 Å². The van der Waals surface area contributed by atoms with Gasteiger partial charge in [-0.25, -0.2) is 4.98 Å². The highest BCUT2D eigenvalue weighted by Crippen LogP contribution is 2.51. The van der Waals surface area contributed by atoms with Crippen molar-refractivity contribution in [3.05, 3.63) is 278 Å². The van der Waals surface area contributed by atoms with Gasteiger partial charge >= 0.3 is 0 Å². The van der Waals surface area contributed by atoms with Crippen molar-refractivity contribution in [2.75, 3.05) is 21.4 Å². The lowest BCUT2D eigenvalue weighted by Crippen LogP contribution is -2.77. The number of nitrogens with zero attached hydrogens (tertiary/aromatic N) is 4. The Kier molecular flexibility index (Phi) is 12.2. The second-order valence-electron chi connectivity index (χ2n) is 25.3. The quantitative estimate of drug-likeness (QED) is 0.127. The first-order valence-electron chi connectivity index (χ1n) is 31.6. The fourth-order valence-corrected chi connectivity index (χ4v) is 17.5. The fraction of sp³-hybridized carbons (Fsp3) is 0.167. The Hall–Kier alpha value is -9.23. The lowest BCUT2D eigenvalue weighted by molar-refractivity contribution is 0.483. The maximum absolute atomic E-state index is 9.43. The van der Waals surface area contributed by atoms with E-state index in [0.29, 0.717) is 23.7 Å². The summed E-state index contributed by atoms with van der Waals surface area (Å²) in [6.45, 7) is 20.4. The molecule has 0 unspecified atom stereocenters. The van der Waals surface area contributed by atoms with Crippen LogP contribution in [-0.2, 0) is 16.2 Å². The van der Waals surface area contributed by atoms with Gasteiger partial charge in [0.05, 0.1) is 29.6 Å². The molecule has 13 rings (SSSR count). The van der Waals surface area contributed by atoms with Crippen molar-refractivity contribution in [3.8, 4) is 44.9 Å². The van der Waals surface area contributed by atoms with Crippen LogP contribution in [0.1, 0.15) is 85.9 Å². The first-order valence-corrected chi connectivity index (χ1v) is 31.1. The summed E-state index contributed by atoms with van der Waals surface area (Å²) >= 11 is 0. The monoisotopic (exact) mass is 1110 g/mol.